The van der Waals surface area contributed by atoms with Gasteiger partial charge in [0.2, 0.25) is 5.91 Å². The first-order valence-electron chi connectivity index (χ1n) is 5.95. The van der Waals surface area contributed by atoms with E-state index in [4.69, 9.17) is 0 Å². The van der Waals surface area contributed by atoms with Crippen molar-refractivity contribution in [2.24, 2.45) is 0 Å². The molecule has 1 atom stereocenters. The van der Waals surface area contributed by atoms with Crippen molar-refractivity contribution in [1.82, 2.24) is 9.88 Å². The topological polar surface area (TPSA) is 59.5 Å². The summed E-state index contributed by atoms with van der Waals surface area (Å²) < 4.78 is 4.57. The molecular formula is C13H16N2O3. The Balaban J connectivity index is 1.96. The Kier molecular flexibility index (Phi) is 3.92. The molecule has 96 valence electrons. The third-order valence-electron chi connectivity index (χ3n) is 3.22. The number of carbonyl (C=O) groups excluding carboxylic acids is 2. The molecule has 1 fully saturated rings. The number of pyridine rings is 1. The molecule has 2 rings (SSSR count). The molecule has 1 aliphatic heterocycles. The van der Waals surface area contributed by atoms with Crippen molar-refractivity contribution in [3.05, 3.63) is 30.1 Å². The third-order valence-corrected chi connectivity index (χ3v) is 3.22. The number of rotatable bonds is 3. The van der Waals surface area contributed by atoms with E-state index in [2.05, 4.69) is 9.72 Å². The molecule has 1 aromatic rings. The van der Waals surface area contributed by atoms with Crippen LogP contribution in [-0.2, 0) is 14.3 Å². The maximum atomic E-state index is 11.9. The second kappa shape index (κ2) is 5.62. The van der Waals surface area contributed by atoms with Gasteiger partial charge in [-0.3, -0.25) is 14.6 Å². The molecule has 0 radical (unpaired) electrons. The van der Waals surface area contributed by atoms with Crippen molar-refractivity contribution in [2.75, 3.05) is 20.2 Å². The molecular weight excluding hydrogens is 232 g/mol. The van der Waals surface area contributed by atoms with Crippen LogP contribution in [0.4, 0.5) is 0 Å². The summed E-state index contributed by atoms with van der Waals surface area (Å²) in [6.07, 6.45) is 4.81. The lowest BCUT2D eigenvalue weighted by Crippen LogP contribution is -2.41. The molecule has 18 heavy (non-hydrogen) atoms. The number of methoxy groups -OCH3 is 1. The van der Waals surface area contributed by atoms with Gasteiger partial charge in [0.15, 0.2) is 0 Å². The van der Waals surface area contributed by atoms with Gasteiger partial charge in [-0.15, -0.1) is 0 Å². The molecule has 5 nitrogen and oxygen atoms in total. The Morgan fingerprint density at radius 2 is 2.44 bits per heavy atom. The van der Waals surface area contributed by atoms with Crippen LogP contribution in [-0.4, -0.2) is 42.0 Å². The first-order chi connectivity index (χ1) is 8.70. The summed E-state index contributed by atoms with van der Waals surface area (Å²) in [6.45, 7) is 0.641. The fourth-order valence-corrected chi connectivity index (χ4v) is 2.17. The molecule has 1 saturated heterocycles. The standard InChI is InChI=1S/C13H16N2O3/c1-18-13(17)9-15-6-4-10(7-12(15)16)11-3-2-5-14-8-11/h2-3,5,8,10H,4,6-7,9H2,1H3. The number of hydrogen-bond acceptors (Lipinski definition) is 4. The molecule has 1 aromatic heterocycles. The average molecular weight is 248 g/mol. The van der Waals surface area contributed by atoms with E-state index < -0.39 is 0 Å². The molecule has 1 unspecified atom stereocenters. The van der Waals surface area contributed by atoms with Crippen molar-refractivity contribution in [3.63, 3.8) is 0 Å². The molecule has 0 saturated carbocycles. The quantitative estimate of drug-likeness (QED) is 0.748. The van der Waals surface area contributed by atoms with E-state index in [0.29, 0.717) is 13.0 Å². The van der Waals surface area contributed by atoms with Gasteiger partial charge in [0.25, 0.3) is 0 Å². The Morgan fingerprint density at radius 1 is 1.61 bits per heavy atom. The summed E-state index contributed by atoms with van der Waals surface area (Å²) in [7, 11) is 1.33. The summed E-state index contributed by atoms with van der Waals surface area (Å²) in [5.41, 5.74) is 1.09. The van der Waals surface area contributed by atoms with E-state index >= 15 is 0 Å². The van der Waals surface area contributed by atoms with Crippen LogP contribution in [0.3, 0.4) is 0 Å². The normalized spacial score (nSPS) is 19.7. The molecule has 0 N–H and O–H groups in total. The van der Waals surface area contributed by atoms with E-state index in [1.54, 1.807) is 17.3 Å². The van der Waals surface area contributed by atoms with Gasteiger partial charge in [0.05, 0.1) is 7.11 Å². The predicted molar refractivity (Wildman–Crippen MR) is 64.8 cm³/mol. The van der Waals surface area contributed by atoms with Gasteiger partial charge >= 0.3 is 5.97 Å². The van der Waals surface area contributed by atoms with Crippen molar-refractivity contribution in [3.8, 4) is 0 Å². The van der Waals surface area contributed by atoms with Crippen LogP contribution < -0.4 is 0 Å². The first-order valence-corrected chi connectivity index (χ1v) is 5.95. The largest absolute Gasteiger partial charge is 0.468 e. The van der Waals surface area contributed by atoms with Crippen LogP contribution in [0, 0.1) is 0 Å². The highest BCUT2D eigenvalue weighted by atomic mass is 16.5. The zero-order valence-corrected chi connectivity index (χ0v) is 10.3. The summed E-state index contributed by atoms with van der Waals surface area (Å²) in [6, 6.07) is 3.86. The van der Waals surface area contributed by atoms with Gasteiger partial charge in [0, 0.05) is 25.4 Å². The Bertz CT molecular complexity index is 433. The SMILES string of the molecule is COC(=O)CN1CCC(c2cccnc2)CC1=O. The van der Waals surface area contributed by atoms with E-state index in [9.17, 15) is 9.59 Å². The highest BCUT2D eigenvalue weighted by Gasteiger charge is 2.28. The van der Waals surface area contributed by atoms with Gasteiger partial charge < -0.3 is 9.64 Å². The van der Waals surface area contributed by atoms with Gasteiger partial charge in [-0.25, -0.2) is 0 Å². The summed E-state index contributed by atoms with van der Waals surface area (Å²) >= 11 is 0. The molecule has 1 amide bonds. The van der Waals surface area contributed by atoms with Gasteiger partial charge in [-0.05, 0) is 24.0 Å². The van der Waals surface area contributed by atoms with Crippen LogP contribution in [0.5, 0.6) is 0 Å². The van der Waals surface area contributed by atoms with Crippen molar-refractivity contribution < 1.29 is 14.3 Å². The second-order valence-corrected chi connectivity index (χ2v) is 4.37. The molecule has 0 bridgehead atoms. The summed E-state index contributed by atoms with van der Waals surface area (Å²) in [4.78, 5) is 28.7. The fourth-order valence-electron chi connectivity index (χ4n) is 2.17. The number of carbonyl (C=O) groups is 2. The fraction of sp³-hybridized carbons (Fsp3) is 0.462. The number of ether oxygens (including phenoxy) is 1. The second-order valence-electron chi connectivity index (χ2n) is 4.37. The van der Waals surface area contributed by atoms with Gasteiger partial charge in [-0.1, -0.05) is 6.07 Å². The lowest BCUT2D eigenvalue weighted by molar-refractivity contribution is -0.148. The van der Waals surface area contributed by atoms with E-state index in [1.165, 1.54) is 7.11 Å². The molecule has 0 spiro atoms. The van der Waals surface area contributed by atoms with Crippen LogP contribution in [0.15, 0.2) is 24.5 Å². The number of esters is 1. The Labute approximate surface area is 106 Å². The zero-order chi connectivity index (χ0) is 13.0. The minimum atomic E-state index is -0.372. The van der Waals surface area contributed by atoms with Crippen LogP contribution in [0.2, 0.25) is 0 Å². The van der Waals surface area contributed by atoms with Crippen molar-refractivity contribution in [2.45, 2.75) is 18.8 Å². The number of likely N-dealkylation sites (tertiary alicyclic amines) is 1. The predicted octanol–water partition coefficient (Wildman–Crippen LogP) is 0.961. The van der Waals surface area contributed by atoms with Crippen LogP contribution in [0.1, 0.15) is 24.3 Å². The number of amides is 1. The van der Waals surface area contributed by atoms with Crippen LogP contribution >= 0.6 is 0 Å². The van der Waals surface area contributed by atoms with Gasteiger partial charge in [-0.2, -0.15) is 0 Å². The monoisotopic (exact) mass is 248 g/mol. The number of piperidine rings is 1. The van der Waals surface area contributed by atoms with E-state index in [1.807, 2.05) is 12.1 Å². The highest BCUT2D eigenvalue weighted by molar-refractivity contribution is 5.83. The highest BCUT2D eigenvalue weighted by Crippen LogP contribution is 2.27. The van der Waals surface area contributed by atoms with Crippen LogP contribution in [0.25, 0.3) is 0 Å². The Morgan fingerprint density at radius 3 is 3.06 bits per heavy atom. The maximum absolute atomic E-state index is 11.9. The smallest absolute Gasteiger partial charge is 0.325 e. The third kappa shape index (κ3) is 2.85. The number of aromatic nitrogens is 1. The summed E-state index contributed by atoms with van der Waals surface area (Å²) in [5.74, 6) is -0.163. The molecule has 1 aliphatic rings. The minimum absolute atomic E-state index is 0.000466. The number of hydrogen-bond donors (Lipinski definition) is 0. The maximum Gasteiger partial charge on any atom is 0.325 e. The first kappa shape index (κ1) is 12.5. The average Bonchev–Trinajstić information content (AvgIpc) is 2.42. The summed E-state index contributed by atoms with van der Waals surface area (Å²) in [5, 5.41) is 0. The molecule has 0 aliphatic carbocycles. The van der Waals surface area contributed by atoms with E-state index in [0.717, 1.165) is 12.0 Å². The van der Waals surface area contributed by atoms with Crippen molar-refractivity contribution in [1.29, 1.82) is 0 Å². The minimum Gasteiger partial charge on any atom is -0.468 e. The Hall–Kier alpha value is -1.91. The molecule has 0 aromatic carbocycles. The number of nitrogens with zero attached hydrogens (tertiary/aromatic N) is 2. The molecule has 5 heteroatoms. The van der Waals surface area contributed by atoms with E-state index in [-0.39, 0.29) is 24.3 Å². The lowest BCUT2D eigenvalue weighted by Gasteiger charge is -2.30. The van der Waals surface area contributed by atoms with Gasteiger partial charge in [0.1, 0.15) is 6.54 Å². The molecule has 2 heterocycles. The lowest BCUT2D eigenvalue weighted by atomic mass is 9.90. The zero-order valence-electron chi connectivity index (χ0n) is 10.3. The van der Waals surface area contributed by atoms with Crippen molar-refractivity contribution >= 4 is 11.9 Å².